The van der Waals surface area contributed by atoms with Crippen LogP contribution in [0.25, 0.3) is 22.4 Å². The Hall–Kier alpha value is -4.90. The molecule has 1 atom stereocenters. The number of aliphatic hydroxyl groups excluding tert-OH is 1. The summed E-state index contributed by atoms with van der Waals surface area (Å²) >= 11 is 0. The van der Waals surface area contributed by atoms with Crippen LogP contribution < -0.4 is 10.1 Å². The summed E-state index contributed by atoms with van der Waals surface area (Å²) in [6, 6.07) is 15.5. The number of rotatable bonds is 10. The SMILES string of the molecule is CC(CCO)Oc1cnc(-c2nn(Cc3ccccc3F)c3ccccc23)nc1Nc1ccncc1C(=O)O. The maximum Gasteiger partial charge on any atom is 0.339 e. The van der Waals surface area contributed by atoms with Crippen molar-refractivity contribution in [1.29, 1.82) is 0 Å². The van der Waals surface area contributed by atoms with Crippen molar-refractivity contribution >= 4 is 28.4 Å². The van der Waals surface area contributed by atoms with E-state index in [1.807, 2.05) is 24.3 Å². The Morgan fingerprint density at radius 2 is 1.92 bits per heavy atom. The molecule has 0 saturated heterocycles. The summed E-state index contributed by atoms with van der Waals surface area (Å²) < 4.78 is 22.1. The lowest BCUT2D eigenvalue weighted by Crippen LogP contribution is -2.15. The number of aliphatic hydroxyl groups is 1. The molecule has 1 unspecified atom stereocenters. The van der Waals surface area contributed by atoms with Crippen LogP contribution in [0.3, 0.4) is 0 Å². The van der Waals surface area contributed by atoms with Gasteiger partial charge < -0.3 is 20.3 Å². The third-order valence-corrected chi connectivity index (χ3v) is 6.07. The van der Waals surface area contributed by atoms with E-state index in [9.17, 15) is 19.4 Å². The summed E-state index contributed by atoms with van der Waals surface area (Å²) in [5.74, 6) is -0.747. The first kappa shape index (κ1) is 25.7. The van der Waals surface area contributed by atoms with Gasteiger partial charge in [0.05, 0.1) is 30.0 Å². The van der Waals surface area contributed by atoms with Gasteiger partial charge in [-0.15, -0.1) is 0 Å². The predicted octanol–water partition coefficient (Wildman–Crippen LogP) is 4.67. The molecule has 3 N–H and O–H groups in total. The lowest BCUT2D eigenvalue weighted by atomic mass is 10.2. The summed E-state index contributed by atoms with van der Waals surface area (Å²) in [5, 5.41) is 27.4. The number of hydrogen-bond donors (Lipinski definition) is 3. The van der Waals surface area contributed by atoms with Crippen LogP contribution in [0, 0.1) is 5.82 Å². The fraction of sp³-hybridized carbons (Fsp3) is 0.179. The second-order valence-corrected chi connectivity index (χ2v) is 8.81. The molecule has 39 heavy (non-hydrogen) atoms. The normalized spacial score (nSPS) is 11.9. The highest BCUT2D eigenvalue weighted by Gasteiger charge is 2.20. The average Bonchev–Trinajstić information content (AvgIpc) is 3.29. The van der Waals surface area contributed by atoms with Crippen LogP contribution >= 0.6 is 0 Å². The molecule has 3 heterocycles. The number of aromatic carboxylic acids is 1. The molecular formula is C28H25FN6O4. The lowest BCUT2D eigenvalue weighted by molar-refractivity contribution is 0.0697. The van der Waals surface area contributed by atoms with Gasteiger partial charge in [0, 0.05) is 36.4 Å². The van der Waals surface area contributed by atoms with Crippen molar-refractivity contribution in [2.45, 2.75) is 26.0 Å². The number of carboxylic acids is 1. The van der Waals surface area contributed by atoms with Crippen molar-refractivity contribution < 1.29 is 24.1 Å². The van der Waals surface area contributed by atoms with Gasteiger partial charge in [-0.25, -0.2) is 19.2 Å². The Bertz CT molecular complexity index is 1640. The molecule has 0 fully saturated rings. The number of ether oxygens (including phenoxy) is 1. The number of hydrogen-bond acceptors (Lipinski definition) is 8. The van der Waals surface area contributed by atoms with Crippen LogP contribution in [-0.2, 0) is 6.54 Å². The van der Waals surface area contributed by atoms with E-state index in [-0.39, 0.29) is 53.7 Å². The molecule has 0 spiro atoms. The number of carbonyl (C=O) groups is 1. The molecule has 0 saturated carbocycles. The van der Waals surface area contributed by atoms with Crippen LogP contribution in [-0.4, -0.2) is 53.6 Å². The quantitative estimate of drug-likeness (QED) is 0.236. The Balaban J connectivity index is 1.60. The molecule has 0 aliphatic rings. The molecule has 2 aromatic carbocycles. The van der Waals surface area contributed by atoms with Gasteiger partial charge >= 0.3 is 5.97 Å². The van der Waals surface area contributed by atoms with Gasteiger partial charge in [-0.2, -0.15) is 5.10 Å². The van der Waals surface area contributed by atoms with Crippen LogP contribution in [0.1, 0.15) is 29.3 Å². The minimum absolute atomic E-state index is 0.0494. The highest BCUT2D eigenvalue weighted by molar-refractivity contribution is 5.95. The van der Waals surface area contributed by atoms with Crippen molar-refractivity contribution in [3.8, 4) is 17.3 Å². The van der Waals surface area contributed by atoms with Crippen molar-refractivity contribution in [2.75, 3.05) is 11.9 Å². The first-order chi connectivity index (χ1) is 18.9. The molecule has 0 bridgehead atoms. The van der Waals surface area contributed by atoms with Gasteiger partial charge in [0.15, 0.2) is 17.4 Å². The third kappa shape index (κ3) is 5.53. The summed E-state index contributed by atoms with van der Waals surface area (Å²) in [5.41, 5.74) is 1.94. The third-order valence-electron chi connectivity index (χ3n) is 6.07. The average molecular weight is 529 g/mol. The number of pyridine rings is 1. The zero-order chi connectivity index (χ0) is 27.4. The summed E-state index contributed by atoms with van der Waals surface area (Å²) in [4.78, 5) is 24.8. The number of para-hydroxylation sites is 1. The number of carboxylic acid groups (broad SMARTS) is 1. The Morgan fingerprint density at radius 3 is 2.72 bits per heavy atom. The van der Waals surface area contributed by atoms with Crippen molar-refractivity contribution in [3.63, 3.8) is 0 Å². The maximum atomic E-state index is 14.4. The topological polar surface area (TPSA) is 135 Å². The summed E-state index contributed by atoms with van der Waals surface area (Å²) in [7, 11) is 0. The summed E-state index contributed by atoms with van der Waals surface area (Å²) in [6.45, 7) is 1.93. The zero-order valence-electron chi connectivity index (χ0n) is 21.0. The molecule has 11 heteroatoms. The Labute approximate surface area is 222 Å². The number of halogens is 1. The molecule has 10 nitrogen and oxygen atoms in total. The smallest absolute Gasteiger partial charge is 0.339 e. The van der Waals surface area contributed by atoms with Gasteiger partial charge in [-0.3, -0.25) is 9.67 Å². The van der Waals surface area contributed by atoms with E-state index >= 15 is 0 Å². The van der Waals surface area contributed by atoms with Crippen LogP contribution in [0.4, 0.5) is 15.9 Å². The number of fused-ring (bicyclic) bond motifs is 1. The molecule has 0 amide bonds. The van der Waals surface area contributed by atoms with Crippen molar-refractivity contribution in [1.82, 2.24) is 24.7 Å². The molecule has 5 rings (SSSR count). The number of aromatic nitrogens is 5. The van der Waals surface area contributed by atoms with E-state index in [2.05, 4.69) is 20.3 Å². The van der Waals surface area contributed by atoms with E-state index in [4.69, 9.17) is 9.84 Å². The molecule has 0 aliphatic heterocycles. The Kier molecular flexibility index (Phi) is 7.41. The van der Waals surface area contributed by atoms with Gasteiger partial charge in [-0.1, -0.05) is 36.4 Å². The zero-order valence-corrected chi connectivity index (χ0v) is 21.0. The fourth-order valence-corrected chi connectivity index (χ4v) is 4.12. The van der Waals surface area contributed by atoms with Crippen LogP contribution in [0.15, 0.2) is 73.2 Å². The molecule has 3 aromatic heterocycles. The standard InChI is InChI=1S/C28H25FN6O4/c1-17(11-13-36)39-24-15-31-27(33-26(24)32-22-10-12-30-14-20(22)28(37)38)25-19-7-3-5-9-23(19)35(34-25)16-18-6-2-4-8-21(18)29/h2-10,12,14-15,17,36H,11,13,16H2,1H3,(H,37,38)(H,30,31,32,33). The second-order valence-electron chi connectivity index (χ2n) is 8.81. The largest absolute Gasteiger partial charge is 0.485 e. The minimum atomic E-state index is -1.16. The molecular weight excluding hydrogens is 503 g/mol. The Morgan fingerprint density at radius 1 is 1.13 bits per heavy atom. The minimum Gasteiger partial charge on any atom is -0.485 e. The van der Waals surface area contributed by atoms with Crippen LogP contribution in [0.2, 0.25) is 0 Å². The van der Waals surface area contributed by atoms with Crippen molar-refractivity contribution in [2.24, 2.45) is 0 Å². The van der Waals surface area contributed by atoms with E-state index in [1.54, 1.807) is 29.8 Å². The first-order valence-electron chi connectivity index (χ1n) is 12.2. The number of nitrogens with one attached hydrogen (secondary N) is 1. The summed E-state index contributed by atoms with van der Waals surface area (Å²) in [6.07, 6.45) is 4.19. The van der Waals surface area contributed by atoms with Crippen LogP contribution in [0.5, 0.6) is 5.75 Å². The predicted molar refractivity (Wildman–Crippen MR) is 143 cm³/mol. The van der Waals surface area contributed by atoms with Crippen molar-refractivity contribution in [3.05, 3.63) is 90.1 Å². The highest BCUT2D eigenvalue weighted by Crippen LogP contribution is 2.32. The second kappa shape index (κ2) is 11.2. The maximum absolute atomic E-state index is 14.4. The number of anilines is 2. The lowest BCUT2D eigenvalue weighted by Gasteiger charge is -2.17. The van der Waals surface area contributed by atoms with E-state index in [0.717, 1.165) is 10.9 Å². The van der Waals surface area contributed by atoms with Gasteiger partial charge in [-0.05, 0) is 25.1 Å². The molecule has 198 valence electrons. The van der Waals surface area contributed by atoms with Gasteiger partial charge in [0.2, 0.25) is 0 Å². The highest BCUT2D eigenvalue weighted by atomic mass is 19.1. The van der Waals surface area contributed by atoms with E-state index in [1.165, 1.54) is 30.7 Å². The van der Waals surface area contributed by atoms with Gasteiger partial charge in [0.25, 0.3) is 0 Å². The van der Waals surface area contributed by atoms with E-state index < -0.39 is 5.97 Å². The molecule has 0 radical (unpaired) electrons. The molecule has 5 aromatic rings. The number of nitrogens with zero attached hydrogens (tertiary/aromatic N) is 5. The monoisotopic (exact) mass is 528 g/mol. The fourth-order valence-electron chi connectivity index (χ4n) is 4.12. The van der Waals surface area contributed by atoms with Gasteiger partial charge in [0.1, 0.15) is 17.1 Å². The number of benzene rings is 2. The molecule has 0 aliphatic carbocycles. The van der Waals surface area contributed by atoms with E-state index in [0.29, 0.717) is 17.7 Å². The first-order valence-corrected chi connectivity index (χ1v) is 12.2.